The third kappa shape index (κ3) is 3.69. The van der Waals surface area contributed by atoms with Crippen molar-refractivity contribution in [3.8, 4) is 22.3 Å². The summed E-state index contributed by atoms with van der Waals surface area (Å²) in [4.78, 5) is 29.0. The fourth-order valence-corrected chi connectivity index (χ4v) is 5.18. The van der Waals surface area contributed by atoms with Crippen LogP contribution in [0, 0.1) is 0 Å². The van der Waals surface area contributed by atoms with Crippen LogP contribution in [0.5, 0.6) is 0 Å². The molecule has 0 spiro atoms. The van der Waals surface area contributed by atoms with E-state index in [1.54, 1.807) is 4.52 Å². The minimum Gasteiger partial charge on any atom is -0.465 e. The van der Waals surface area contributed by atoms with E-state index in [1.807, 2.05) is 81.2 Å². The Morgan fingerprint density at radius 3 is 2.42 bits per heavy atom. The predicted octanol–water partition coefficient (Wildman–Crippen LogP) is 4.58. The first-order valence-corrected chi connectivity index (χ1v) is 11.9. The van der Waals surface area contributed by atoms with Crippen LogP contribution in [0.25, 0.3) is 38.8 Å². The van der Waals surface area contributed by atoms with Gasteiger partial charge in [0.1, 0.15) is 5.82 Å². The van der Waals surface area contributed by atoms with E-state index >= 15 is 0 Å². The van der Waals surface area contributed by atoms with Crippen LogP contribution in [0.3, 0.4) is 0 Å². The van der Waals surface area contributed by atoms with Crippen molar-refractivity contribution in [2.45, 2.75) is 25.9 Å². The Bertz CT molecular complexity index is 1560. The summed E-state index contributed by atoms with van der Waals surface area (Å²) in [5.74, 6) is 0.837. The minimum absolute atomic E-state index is 0.0352. The zero-order valence-corrected chi connectivity index (χ0v) is 20.0. The van der Waals surface area contributed by atoms with Gasteiger partial charge in [-0.05, 0) is 43.7 Å². The summed E-state index contributed by atoms with van der Waals surface area (Å²) in [6.45, 7) is 4.97. The van der Waals surface area contributed by atoms with Gasteiger partial charge in [0.15, 0.2) is 5.65 Å². The number of para-hydroxylation sites is 1. The van der Waals surface area contributed by atoms with Crippen LogP contribution in [0.1, 0.15) is 13.8 Å². The maximum atomic E-state index is 11.4. The standard InChI is InChI=1S/C27H25N7O2/c1-17-14-32(27(35)36)15-18(2)34(17)25-8-7-19(11-29-25)20-12-30-26-23(13-31-33(26)16-20)21-9-10-28-24-6-4-3-5-22(21)24/h3-13,16-18H,14-15H2,1-2H3,(H,35,36). The van der Waals surface area contributed by atoms with Crippen molar-refractivity contribution >= 4 is 28.5 Å². The van der Waals surface area contributed by atoms with E-state index in [-0.39, 0.29) is 12.1 Å². The summed E-state index contributed by atoms with van der Waals surface area (Å²) < 4.78 is 1.79. The summed E-state index contributed by atoms with van der Waals surface area (Å²) in [7, 11) is 0. The molecule has 9 nitrogen and oxygen atoms in total. The fourth-order valence-electron chi connectivity index (χ4n) is 5.18. The number of nitrogens with zero attached hydrogens (tertiary/aromatic N) is 7. The second-order valence-electron chi connectivity index (χ2n) is 9.24. The second kappa shape index (κ2) is 8.60. The average molecular weight is 480 g/mol. The Hall–Kier alpha value is -4.53. The quantitative estimate of drug-likeness (QED) is 0.404. The van der Waals surface area contributed by atoms with E-state index in [2.05, 4.69) is 21.0 Å². The number of fused-ring (bicyclic) bond motifs is 2. The molecule has 6 rings (SSSR count). The zero-order valence-electron chi connectivity index (χ0n) is 20.0. The molecule has 2 atom stereocenters. The van der Waals surface area contributed by atoms with Crippen LogP contribution in [0.2, 0.25) is 0 Å². The van der Waals surface area contributed by atoms with Gasteiger partial charge in [0.05, 0.1) is 11.7 Å². The zero-order chi connectivity index (χ0) is 24.8. The number of pyridine rings is 2. The third-order valence-corrected chi connectivity index (χ3v) is 6.83. The molecule has 1 N–H and O–H groups in total. The molecule has 9 heteroatoms. The van der Waals surface area contributed by atoms with E-state index in [9.17, 15) is 9.90 Å². The number of amides is 1. The third-order valence-electron chi connectivity index (χ3n) is 6.83. The van der Waals surface area contributed by atoms with Gasteiger partial charge < -0.3 is 14.9 Å². The number of piperazine rings is 1. The number of aromatic nitrogens is 5. The first-order valence-electron chi connectivity index (χ1n) is 11.9. The van der Waals surface area contributed by atoms with Crippen LogP contribution in [0.15, 0.2) is 73.4 Å². The van der Waals surface area contributed by atoms with Crippen molar-refractivity contribution in [1.82, 2.24) is 29.5 Å². The van der Waals surface area contributed by atoms with Gasteiger partial charge in [-0.15, -0.1) is 0 Å². The van der Waals surface area contributed by atoms with Crippen molar-refractivity contribution in [3.63, 3.8) is 0 Å². The lowest BCUT2D eigenvalue weighted by molar-refractivity contribution is 0.128. The van der Waals surface area contributed by atoms with Crippen molar-refractivity contribution in [2.24, 2.45) is 0 Å². The predicted molar refractivity (Wildman–Crippen MR) is 138 cm³/mol. The molecule has 4 aromatic heterocycles. The van der Waals surface area contributed by atoms with Crippen molar-refractivity contribution in [2.75, 3.05) is 18.0 Å². The van der Waals surface area contributed by atoms with Gasteiger partial charge in [0.25, 0.3) is 0 Å². The lowest BCUT2D eigenvalue weighted by Crippen LogP contribution is -2.58. The fraction of sp³-hybridized carbons (Fsp3) is 0.222. The molecule has 1 fully saturated rings. The number of rotatable bonds is 3. The number of carboxylic acid groups (broad SMARTS) is 1. The molecule has 180 valence electrons. The normalized spacial score (nSPS) is 18.2. The van der Waals surface area contributed by atoms with Crippen molar-refractivity contribution in [3.05, 3.63) is 73.4 Å². The Morgan fingerprint density at radius 1 is 0.889 bits per heavy atom. The van der Waals surface area contributed by atoms with E-state index in [0.29, 0.717) is 13.1 Å². The number of carbonyl (C=O) groups is 1. The molecule has 0 radical (unpaired) electrons. The smallest absolute Gasteiger partial charge is 0.407 e. The largest absolute Gasteiger partial charge is 0.465 e. The molecule has 1 aliphatic rings. The monoisotopic (exact) mass is 479 g/mol. The summed E-state index contributed by atoms with van der Waals surface area (Å²) in [5, 5.41) is 15.0. The SMILES string of the molecule is CC1CN(C(=O)O)CC(C)N1c1ccc(-c2cnc3c(-c4ccnc5ccccc45)cnn3c2)cn1. The van der Waals surface area contributed by atoms with E-state index in [1.165, 1.54) is 4.90 Å². The highest BCUT2D eigenvalue weighted by atomic mass is 16.4. The Morgan fingerprint density at radius 2 is 1.67 bits per heavy atom. The Labute approximate surface area is 207 Å². The van der Waals surface area contributed by atoms with E-state index in [0.717, 1.165) is 44.6 Å². The molecule has 36 heavy (non-hydrogen) atoms. The van der Waals surface area contributed by atoms with Gasteiger partial charge in [0, 0.05) is 72.0 Å². The van der Waals surface area contributed by atoms with Crippen LogP contribution < -0.4 is 4.90 Å². The van der Waals surface area contributed by atoms with Gasteiger partial charge >= 0.3 is 6.09 Å². The highest BCUT2D eigenvalue weighted by Crippen LogP contribution is 2.31. The average Bonchev–Trinajstić information content (AvgIpc) is 3.31. The molecule has 0 saturated carbocycles. The van der Waals surface area contributed by atoms with E-state index in [4.69, 9.17) is 9.97 Å². The minimum atomic E-state index is -0.876. The maximum absolute atomic E-state index is 11.4. The molecular weight excluding hydrogens is 454 g/mol. The van der Waals surface area contributed by atoms with Crippen LogP contribution in [-0.4, -0.2) is 65.8 Å². The lowest BCUT2D eigenvalue weighted by atomic mass is 10.0. The van der Waals surface area contributed by atoms with Crippen LogP contribution in [-0.2, 0) is 0 Å². The molecule has 2 unspecified atom stereocenters. The first kappa shape index (κ1) is 22.0. The summed E-state index contributed by atoms with van der Waals surface area (Å²) in [6.07, 6.45) is 8.42. The van der Waals surface area contributed by atoms with Crippen molar-refractivity contribution in [1.29, 1.82) is 0 Å². The number of hydrogen-bond acceptors (Lipinski definition) is 6. The van der Waals surface area contributed by atoms with Gasteiger partial charge in [-0.1, -0.05) is 18.2 Å². The first-order chi connectivity index (χ1) is 17.5. The Kier molecular flexibility index (Phi) is 5.25. The number of hydrogen-bond donors (Lipinski definition) is 1. The van der Waals surface area contributed by atoms with E-state index < -0.39 is 6.09 Å². The molecule has 1 aliphatic heterocycles. The summed E-state index contributed by atoms with van der Waals surface area (Å²) in [6, 6.07) is 14.1. The van der Waals surface area contributed by atoms with Gasteiger partial charge in [-0.2, -0.15) is 5.10 Å². The van der Waals surface area contributed by atoms with Crippen LogP contribution >= 0.6 is 0 Å². The second-order valence-corrected chi connectivity index (χ2v) is 9.24. The number of benzene rings is 1. The highest BCUT2D eigenvalue weighted by Gasteiger charge is 2.32. The topological polar surface area (TPSA) is 99.8 Å². The molecule has 0 bridgehead atoms. The molecule has 5 aromatic rings. The van der Waals surface area contributed by atoms with Crippen LogP contribution in [0.4, 0.5) is 10.6 Å². The van der Waals surface area contributed by atoms with Crippen molar-refractivity contribution < 1.29 is 9.90 Å². The van der Waals surface area contributed by atoms with Gasteiger partial charge in [-0.25, -0.2) is 19.3 Å². The molecule has 1 aromatic carbocycles. The van der Waals surface area contributed by atoms with Gasteiger partial charge in [-0.3, -0.25) is 4.98 Å². The lowest BCUT2D eigenvalue weighted by Gasteiger charge is -2.44. The molecule has 0 aliphatic carbocycles. The molecule has 5 heterocycles. The molecular formula is C27H25N7O2. The summed E-state index contributed by atoms with van der Waals surface area (Å²) >= 11 is 0. The van der Waals surface area contributed by atoms with Gasteiger partial charge in [0.2, 0.25) is 0 Å². The molecule has 1 amide bonds. The highest BCUT2D eigenvalue weighted by molar-refractivity contribution is 5.97. The summed E-state index contributed by atoms with van der Waals surface area (Å²) in [5.41, 5.74) is 5.56. The number of anilines is 1. The molecule has 1 saturated heterocycles. The Balaban J connectivity index is 1.29. The maximum Gasteiger partial charge on any atom is 0.407 e.